The lowest BCUT2D eigenvalue weighted by Gasteiger charge is -2.39. The zero-order chi connectivity index (χ0) is 14.9. The number of carbonyl (C=O) groups is 2. The molecule has 5 nitrogen and oxygen atoms in total. The summed E-state index contributed by atoms with van der Waals surface area (Å²) in [5, 5.41) is 7.29. The highest BCUT2D eigenvalue weighted by molar-refractivity contribution is 7.09. The van der Waals surface area contributed by atoms with E-state index in [-0.39, 0.29) is 17.9 Å². The summed E-state index contributed by atoms with van der Waals surface area (Å²) in [6.45, 7) is 4.81. The first-order valence-corrected chi connectivity index (χ1v) is 8.34. The Labute approximate surface area is 128 Å². The van der Waals surface area contributed by atoms with Crippen LogP contribution in [0.2, 0.25) is 0 Å². The fraction of sp³-hybridized carbons (Fsp3) is 0.600. The molecule has 2 atom stereocenters. The van der Waals surface area contributed by atoms with Crippen LogP contribution in [-0.4, -0.2) is 42.0 Å². The molecular formula is C15H21N3O2S. The minimum Gasteiger partial charge on any atom is -0.323 e. The van der Waals surface area contributed by atoms with Crippen LogP contribution < -0.4 is 10.6 Å². The number of carbonyl (C=O) groups excluding carboxylic acids is 2. The van der Waals surface area contributed by atoms with Crippen molar-refractivity contribution >= 4 is 23.3 Å². The maximum atomic E-state index is 12.0. The normalized spacial score (nSPS) is 30.2. The molecule has 21 heavy (non-hydrogen) atoms. The van der Waals surface area contributed by atoms with Crippen molar-refractivity contribution in [3.8, 4) is 0 Å². The molecule has 6 heteroatoms. The summed E-state index contributed by atoms with van der Waals surface area (Å²) in [6, 6.07) is 3.88. The van der Waals surface area contributed by atoms with Gasteiger partial charge < -0.3 is 10.2 Å². The van der Waals surface area contributed by atoms with E-state index in [0.29, 0.717) is 0 Å². The first-order valence-electron chi connectivity index (χ1n) is 7.46. The molecule has 2 aliphatic rings. The summed E-state index contributed by atoms with van der Waals surface area (Å²) < 4.78 is 0. The SMILES string of the molecule is CC1(C2CCCN(CCc3cccs3)C2)NC(=O)NC1=O. The van der Waals surface area contributed by atoms with Crippen LogP contribution in [-0.2, 0) is 11.2 Å². The van der Waals surface area contributed by atoms with E-state index in [2.05, 4.69) is 33.0 Å². The second kappa shape index (κ2) is 5.77. The van der Waals surface area contributed by atoms with Crippen molar-refractivity contribution in [2.75, 3.05) is 19.6 Å². The predicted molar refractivity (Wildman–Crippen MR) is 82.3 cm³/mol. The molecule has 0 aromatic carbocycles. The van der Waals surface area contributed by atoms with Crippen molar-refractivity contribution < 1.29 is 9.59 Å². The molecule has 2 saturated heterocycles. The number of rotatable bonds is 4. The van der Waals surface area contributed by atoms with Gasteiger partial charge in [0.15, 0.2) is 0 Å². The van der Waals surface area contributed by atoms with Crippen LogP contribution >= 0.6 is 11.3 Å². The van der Waals surface area contributed by atoms with E-state index >= 15 is 0 Å². The van der Waals surface area contributed by atoms with Gasteiger partial charge in [0, 0.05) is 23.9 Å². The number of urea groups is 1. The van der Waals surface area contributed by atoms with E-state index in [0.717, 1.165) is 38.9 Å². The van der Waals surface area contributed by atoms with Gasteiger partial charge in [0.05, 0.1) is 0 Å². The third kappa shape index (κ3) is 2.96. The third-order valence-electron chi connectivity index (χ3n) is 4.65. The molecule has 2 unspecified atom stereocenters. The Balaban J connectivity index is 1.60. The highest BCUT2D eigenvalue weighted by Gasteiger charge is 2.48. The van der Waals surface area contributed by atoms with E-state index in [4.69, 9.17) is 0 Å². The first kappa shape index (κ1) is 14.5. The summed E-state index contributed by atoms with van der Waals surface area (Å²) in [5.74, 6) is -0.00126. The topological polar surface area (TPSA) is 61.4 Å². The van der Waals surface area contributed by atoms with Gasteiger partial charge in [-0.05, 0) is 44.2 Å². The van der Waals surface area contributed by atoms with Gasteiger partial charge in [-0.3, -0.25) is 10.1 Å². The smallest absolute Gasteiger partial charge is 0.322 e. The summed E-state index contributed by atoms with van der Waals surface area (Å²) in [4.78, 5) is 27.3. The molecule has 3 amide bonds. The van der Waals surface area contributed by atoms with Gasteiger partial charge in [0.2, 0.25) is 0 Å². The van der Waals surface area contributed by atoms with Gasteiger partial charge in [0.1, 0.15) is 5.54 Å². The fourth-order valence-corrected chi connectivity index (χ4v) is 4.00. The number of hydrogen-bond acceptors (Lipinski definition) is 4. The maximum Gasteiger partial charge on any atom is 0.322 e. The van der Waals surface area contributed by atoms with Crippen molar-refractivity contribution in [2.24, 2.45) is 5.92 Å². The number of imide groups is 1. The second-order valence-electron chi connectivity index (χ2n) is 6.08. The standard InChI is InChI=1S/C15H21N3O2S/c1-15(13(19)16-14(20)17-15)11-4-2-7-18(10-11)8-6-12-5-3-9-21-12/h3,5,9,11H,2,4,6-8,10H2,1H3,(H2,16,17,19,20). The highest BCUT2D eigenvalue weighted by atomic mass is 32.1. The van der Waals surface area contributed by atoms with E-state index in [1.54, 1.807) is 11.3 Å². The summed E-state index contributed by atoms with van der Waals surface area (Å²) in [6.07, 6.45) is 3.12. The lowest BCUT2D eigenvalue weighted by Crippen LogP contribution is -2.55. The maximum absolute atomic E-state index is 12.0. The van der Waals surface area contributed by atoms with Gasteiger partial charge in [-0.2, -0.15) is 0 Å². The molecule has 2 N–H and O–H groups in total. The minimum atomic E-state index is -0.751. The number of nitrogens with one attached hydrogen (secondary N) is 2. The predicted octanol–water partition coefficient (Wildman–Crippen LogP) is 1.60. The van der Waals surface area contributed by atoms with Crippen molar-refractivity contribution in [2.45, 2.75) is 31.7 Å². The number of nitrogens with zero attached hydrogens (tertiary/aromatic N) is 1. The molecule has 1 aromatic heterocycles. The summed E-state index contributed by atoms with van der Waals surface area (Å²) >= 11 is 1.79. The lowest BCUT2D eigenvalue weighted by atomic mass is 9.80. The zero-order valence-corrected chi connectivity index (χ0v) is 13.0. The molecule has 2 aliphatic heterocycles. The van der Waals surface area contributed by atoms with Crippen LogP contribution in [0.1, 0.15) is 24.6 Å². The van der Waals surface area contributed by atoms with Gasteiger partial charge in [-0.25, -0.2) is 4.79 Å². The van der Waals surface area contributed by atoms with Gasteiger partial charge >= 0.3 is 6.03 Å². The second-order valence-corrected chi connectivity index (χ2v) is 7.11. The van der Waals surface area contributed by atoms with Crippen LogP contribution in [0.25, 0.3) is 0 Å². The summed E-state index contributed by atoms with van der Waals surface area (Å²) in [7, 11) is 0. The van der Waals surface area contributed by atoms with E-state index in [1.165, 1.54) is 4.88 Å². The van der Waals surface area contributed by atoms with E-state index in [1.807, 2.05) is 6.92 Å². The number of thiophene rings is 1. The number of piperidine rings is 1. The van der Waals surface area contributed by atoms with Crippen LogP contribution in [0.15, 0.2) is 17.5 Å². The zero-order valence-electron chi connectivity index (χ0n) is 12.2. The van der Waals surface area contributed by atoms with Crippen LogP contribution in [0.5, 0.6) is 0 Å². The van der Waals surface area contributed by atoms with Crippen molar-refractivity contribution in [3.05, 3.63) is 22.4 Å². The van der Waals surface area contributed by atoms with Crippen molar-refractivity contribution in [1.82, 2.24) is 15.5 Å². The third-order valence-corrected chi connectivity index (χ3v) is 5.58. The quantitative estimate of drug-likeness (QED) is 0.831. The molecule has 0 aliphatic carbocycles. The molecule has 0 radical (unpaired) electrons. The first-order chi connectivity index (χ1) is 10.1. The molecule has 2 fully saturated rings. The van der Waals surface area contributed by atoms with Crippen molar-refractivity contribution in [3.63, 3.8) is 0 Å². The van der Waals surface area contributed by atoms with Gasteiger partial charge in [0.25, 0.3) is 5.91 Å². The van der Waals surface area contributed by atoms with E-state index < -0.39 is 5.54 Å². The number of hydrogen-bond donors (Lipinski definition) is 2. The van der Waals surface area contributed by atoms with Gasteiger partial charge in [-0.15, -0.1) is 11.3 Å². The molecule has 114 valence electrons. The Kier molecular flexibility index (Phi) is 3.99. The molecule has 0 spiro atoms. The summed E-state index contributed by atoms with van der Waals surface area (Å²) in [5.41, 5.74) is -0.751. The Hall–Kier alpha value is -1.40. The lowest BCUT2D eigenvalue weighted by molar-refractivity contribution is -0.126. The molecule has 3 rings (SSSR count). The van der Waals surface area contributed by atoms with E-state index in [9.17, 15) is 9.59 Å². The fourth-order valence-electron chi connectivity index (χ4n) is 3.30. The van der Waals surface area contributed by atoms with Crippen LogP contribution in [0.3, 0.4) is 0 Å². The van der Waals surface area contributed by atoms with Crippen LogP contribution in [0.4, 0.5) is 4.79 Å². The Morgan fingerprint density at radius 2 is 2.33 bits per heavy atom. The largest absolute Gasteiger partial charge is 0.323 e. The number of amides is 3. The van der Waals surface area contributed by atoms with Crippen LogP contribution in [0, 0.1) is 5.92 Å². The highest BCUT2D eigenvalue weighted by Crippen LogP contribution is 2.29. The minimum absolute atomic E-state index is 0.182. The monoisotopic (exact) mass is 307 g/mol. The van der Waals surface area contributed by atoms with Crippen molar-refractivity contribution in [1.29, 1.82) is 0 Å². The molecule has 3 heterocycles. The Bertz CT molecular complexity index is 531. The molecule has 1 aromatic rings. The Morgan fingerprint density at radius 3 is 3.00 bits per heavy atom. The molecule has 0 bridgehead atoms. The Morgan fingerprint density at radius 1 is 1.48 bits per heavy atom. The number of likely N-dealkylation sites (tertiary alicyclic amines) is 1. The average Bonchev–Trinajstić information content (AvgIpc) is 3.06. The average molecular weight is 307 g/mol. The molecular weight excluding hydrogens is 286 g/mol. The van der Waals surface area contributed by atoms with Gasteiger partial charge in [-0.1, -0.05) is 6.07 Å². The molecule has 0 saturated carbocycles.